The first-order valence-corrected chi connectivity index (χ1v) is 4.91. The molecule has 0 unspecified atom stereocenters. The van der Waals surface area contributed by atoms with Crippen molar-refractivity contribution in [3.63, 3.8) is 0 Å². The molecule has 0 saturated carbocycles. The molecule has 1 heterocycles. The quantitative estimate of drug-likeness (QED) is 0.479. The molecule has 16 heavy (non-hydrogen) atoms. The summed E-state index contributed by atoms with van der Waals surface area (Å²) in [5, 5.41) is 28.3. The van der Waals surface area contributed by atoms with Crippen molar-refractivity contribution in [2.75, 3.05) is 27.6 Å². The van der Waals surface area contributed by atoms with Gasteiger partial charge in [-0.1, -0.05) is 0 Å². The van der Waals surface area contributed by atoms with Gasteiger partial charge in [-0.15, -0.1) is 0 Å². The molecule has 0 bridgehead atoms. The zero-order valence-corrected chi connectivity index (χ0v) is 9.28. The Morgan fingerprint density at radius 2 is 1.88 bits per heavy atom. The van der Waals surface area contributed by atoms with E-state index in [1.54, 1.807) is 0 Å². The van der Waals surface area contributed by atoms with Crippen molar-refractivity contribution in [1.29, 1.82) is 0 Å². The Bertz CT molecular complexity index is 198. The highest BCUT2D eigenvalue weighted by atomic mass is 16.7. The topological polar surface area (TPSA) is 97.6 Å². The number of hydrogen-bond donors (Lipinski definition) is 3. The van der Waals surface area contributed by atoms with Gasteiger partial charge in [-0.2, -0.15) is 0 Å². The fourth-order valence-electron chi connectivity index (χ4n) is 1.57. The molecule has 1 saturated heterocycles. The van der Waals surface area contributed by atoms with Gasteiger partial charge < -0.3 is 34.3 Å². The minimum Gasteiger partial charge on any atom is -0.394 e. The van der Waals surface area contributed by atoms with Gasteiger partial charge in [0.2, 0.25) is 0 Å². The van der Waals surface area contributed by atoms with E-state index in [1.807, 2.05) is 0 Å². The molecule has 1 fully saturated rings. The number of aliphatic hydroxyl groups is 3. The van der Waals surface area contributed by atoms with Crippen molar-refractivity contribution in [1.82, 2.24) is 0 Å². The maximum Gasteiger partial charge on any atom is 0.186 e. The zero-order chi connectivity index (χ0) is 12.1. The van der Waals surface area contributed by atoms with Crippen LogP contribution in [-0.2, 0) is 18.9 Å². The van der Waals surface area contributed by atoms with Gasteiger partial charge in [0.15, 0.2) is 6.29 Å². The average Bonchev–Trinajstić information content (AvgIpc) is 2.31. The molecule has 7 nitrogen and oxygen atoms in total. The second-order valence-corrected chi connectivity index (χ2v) is 3.48. The van der Waals surface area contributed by atoms with Crippen LogP contribution < -0.4 is 0 Å². The Hall–Kier alpha value is -0.280. The van der Waals surface area contributed by atoms with Gasteiger partial charge in [0.1, 0.15) is 31.2 Å². The molecule has 0 radical (unpaired) electrons. The van der Waals surface area contributed by atoms with Crippen LogP contribution in [0.5, 0.6) is 0 Å². The van der Waals surface area contributed by atoms with Crippen LogP contribution in [0.25, 0.3) is 0 Å². The minimum atomic E-state index is -1.22. The van der Waals surface area contributed by atoms with Crippen molar-refractivity contribution in [3.05, 3.63) is 0 Å². The number of rotatable bonds is 5. The van der Waals surface area contributed by atoms with E-state index in [1.165, 1.54) is 14.2 Å². The molecule has 3 N–H and O–H groups in total. The van der Waals surface area contributed by atoms with Crippen molar-refractivity contribution in [2.24, 2.45) is 0 Å². The normalized spacial score (nSPS) is 39.9. The molecule has 5 atom stereocenters. The maximum atomic E-state index is 9.77. The molecule has 0 amide bonds. The van der Waals surface area contributed by atoms with E-state index in [-0.39, 0.29) is 6.79 Å². The summed E-state index contributed by atoms with van der Waals surface area (Å²) < 4.78 is 20.0. The van der Waals surface area contributed by atoms with E-state index < -0.39 is 37.3 Å². The smallest absolute Gasteiger partial charge is 0.186 e. The van der Waals surface area contributed by atoms with E-state index in [2.05, 4.69) is 0 Å². The molecule has 1 aliphatic heterocycles. The number of hydrogen-bond acceptors (Lipinski definition) is 7. The highest BCUT2D eigenvalue weighted by molar-refractivity contribution is 4.89. The van der Waals surface area contributed by atoms with Crippen LogP contribution in [0.15, 0.2) is 0 Å². The minimum absolute atomic E-state index is 0.0541. The van der Waals surface area contributed by atoms with Crippen molar-refractivity contribution in [2.45, 2.75) is 30.7 Å². The Kier molecular flexibility index (Phi) is 5.56. The van der Waals surface area contributed by atoms with Gasteiger partial charge in [-0.25, -0.2) is 0 Å². The molecule has 1 aliphatic rings. The van der Waals surface area contributed by atoms with Gasteiger partial charge >= 0.3 is 0 Å². The third kappa shape index (κ3) is 2.89. The molecule has 96 valence electrons. The van der Waals surface area contributed by atoms with Gasteiger partial charge in [-0.05, 0) is 0 Å². The third-order valence-corrected chi connectivity index (χ3v) is 2.44. The first kappa shape index (κ1) is 13.8. The summed E-state index contributed by atoms with van der Waals surface area (Å²) >= 11 is 0. The van der Waals surface area contributed by atoms with Crippen LogP contribution in [-0.4, -0.2) is 73.6 Å². The number of ether oxygens (including phenoxy) is 4. The predicted molar refractivity (Wildman–Crippen MR) is 51.5 cm³/mol. The summed E-state index contributed by atoms with van der Waals surface area (Å²) in [6.45, 7) is -0.462. The van der Waals surface area contributed by atoms with Gasteiger partial charge in [-0.3, -0.25) is 0 Å². The van der Waals surface area contributed by atoms with E-state index in [9.17, 15) is 10.2 Å². The van der Waals surface area contributed by atoms with Gasteiger partial charge in [0.25, 0.3) is 0 Å². The monoisotopic (exact) mass is 238 g/mol. The van der Waals surface area contributed by atoms with Crippen LogP contribution in [0.1, 0.15) is 0 Å². The molecule has 1 rings (SSSR count). The molecule has 0 spiro atoms. The molecule has 0 aliphatic carbocycles. The summed E-state index contributed by atoms with van der Waals surface area (Å²) in [4.78, 5) is 0. The lowest BCUT2D eigenvalue weighted by Crippen LogP contribution is -2.59. The summed E-state index contributed by atoms with van der Waals surface area (Å²) in [6.07, 6.45) is -5.03. The molecule has 0 aromatic rings. The lowest BCUT2D eigenvalue weighted by molar-refractivity contribution is -0.312. The zero-order valence-electron chi connectivity index (χ0n) is 9.28. The average molecular weight is 238 g/mol. The third-order valence-electron chi connectivity index (χ3n) is 2.44. The lowest BCUT2D eigenvalue weighted by atomic mass is 9.99. The van der Waals surface area contributed by atoms with Crippen LogP contribution in [0.3, 0.4) is 0 Å². The van der Waals surface area contributed by atoms with E-state index >= 15 is 0 Å². The number of methoxy groups -OCH3 is 2. The Balaban J connectivity index is 2.65. The standard InChI is InChI=1S/C9H18O7/c1-13-4-15-8-7(12)6(11)5(3-10)16-9(8)14-2/h5-12H,3-4H2,1-2H3/t5-,6-,7+,8-,9-/m1/s1. The highest BCUT2D eigenvalue weighted by Crippen LogP contribution is 2.23. The Morgan fingerprint density at radius 3 is 2.38 bits per heavy atom. The van der Waals surface area contributed by atoms with E-state index in [0.717, 1.165) is 0 Å². The van der Waals surface area contributed by atoms with Crippen LogP contribution in [0, 0.1) is 0 Å². The van der Waals surface area contributed by atoms with Gasteiger partial charge in [0, 0.05) is 14.2 Å². The molecule has 0 aromatic heterocycles. The summed E-state index contributed by atoms with van der Waals surface area (Å²) in [6, 6.07) is 0. The molecular weight excluding hydrogens is 220 g/mol. The fourth-order valence-corrected chi connectivity index (χ4v) is 1.57. The van der Waals surface area contributed by atoms with Crippen LogP contribution >= 0.6 is 0 Å². The summed E-state index contributed by atoms with van der Waals surface area (Å²) in [5.41, 5.74) is 0. The van der Waals surface area contributed by atoms with E-state index in [4.69, 9.17) is 24.1 Å². The predicted octanol–water partition coefficient (Wildman–Crippen LogP) is -1.94. The fraction of sp³-hybridized carbons (Fsp3) is 1.00. The van der Waals surface area contributed by atoms with Crippen molar-refractivity contribution in [3.8, 4) is 0 Å². The first-order valence-electron chi connectivity index (χ1n) is 4.91. The molecular formula is C9H18O7. The van der Waals surface area contributed by atoms with Gasteiger partial charge in [0.05, 0.1) is 6.61 Å². The van der Waals surface area contributed by atoms with Crippen LogP contribution in [0.2, 0.25) is 0 Å². The Morgan fingerprint density at radius 1 is 1.19 bits per heavy atom. The van der Waals surface area contributed by atoms with Crippen molar-refractivity contribution >= 4 is 0 Å². The molecule has 7 heteroatoms. The van der Waals surface area contributed by atoms with Crippen LogP contribution in [0.4, 0.5) is 0 Å². The second kappa shape index (κ2) is 6.45. The summed E-state index contributed by atoms with van der Waals surface area (Å²) in [5.74, 6) is 0. The maximum absolute atomic E-state index is 9.77. The second-order valence-electron chi connectivity index (χ2n) is 3.48. The largest absolute Gasteiger partial charge is 0.394 e. The number of aliphatic hydroxyl groups excluding tert-OH is 3. The first-order chi connectivity index (χ1) is 7.65. The summed E-state index contributed by atoms with van der Waals surface area (Å²) in [7, 11) is 2.82. The SMILES string of the molecule is COCO[C@H]1[C@H](OC)O[C@H](CO)[C@@H](O)[C@@H]1O. The lowest BCUT2D eigenvalue weighted by Gasteiger charge is -2.41. The van der Waals surface area contributed by atoms with Crippen molar-refractivity contribution < 1.29 is 34.3 Å². The molecule has 0 aromatic carbocycles. The van der Waals surface area contributed by atoms with E-state index in [0.29, 0.717) is 0 Å². The highest BCUT2D eigenvalue weighted by Gasteiger charge is 2.45. The Labute approximate surface area is 93.5 Å².